The molecule has 3 rings (SSSR count). The zero-order valence-electron chi connectivity index (χ0n) is 10.0. The Kier molecular flexibility index (Phi) is 2.02. The zero-order valence-corrected chi connectivity index (χ0v) is 10.0. The van der Waals surface area contributed by atoms with Crippen molar-refractivity contribution < 1.29 is 4.52 Å². The van der Waals surface area contributed by atoms with Crippen LogP contribution in [-0.4, -0.2) is 10.1 Å². The molecule has 0 bridgehead atoms. The average Bonchev–Trinajstić information content (AvgIpc) is 2.88. The fourth-order valence-electron chi connectivity index (χ4n) is 1.87. The molecular weight excluding hydrogens is 214 g/mol. The molecule has 0 aliphatic heterocycles. The van der Waals surface area contributed by atoms with Crippen molar-refractivity contribution in [1.29, 1.82) is 0 Å². The highest BCUT2D eigenvalue weighted by molar-refractivity contribution is 5.66. The van der Waals surface area contributed by atoms with Crippen LogP contribution in [0.2, 0.25) is 0 Å². The van der Waals surface area contributed by atoms with Gasteiger partial charge in [-0.3, -0.25) is 0 Å². The monoisotopic (exact) mass is 229 g/mol. The third-order valence-electron chi connectivity index (χ3n) is 3.57. The quantitative estimate of drug-likeness (QED) is 0.804. The van der Waals surface area contributed by atoms with Gasteiger partial charge < -0.3 is 10.3 Å². The summed E-state index contributed by atoms with van der Waals surface area (Å²) in [5.74, 6) is 1.38. The van der Waals surface area contributed by atoms with Gasteiger partial charge in [0, 0.05) is 16.7 Å². The van der Waals surface area contributed by atoms with E-state index in [-0.39, 0.29) is 5.41 Å². The van der Waals surface area contributed by atoms with Crippen LogP contribution >= 0.6 is 0 Å². The molecule has 4 heteroatoms. The summed E-state index contributed by atoms with van der Waals surface area (Å²) < 4.78 is 5.34. The average molecular weight is 229 g/mol. The van der Waals surface area contributed by atoms with Crippen molar-refractivity contribution in [3.8, 4) is 11.5 Å². The molecule has 1 saturated carbocycles. The van der Waals surface area contributed by atoms with E-state index >= 15 is 0 Å². The molecule has 0 saturated heterocycles. The fourth-order valence-corrected chi connectivity index (χ4v) is 1.87. The lowest BCUT2D eigenvalue weighted by molar-refractivity contribution is 0.415. The molecule has 1 heterocycles. The maximum Gasteiger partial charge on any atom is 0.258 e. The van der Waals surface area contributed by atoms with Gasteiger partial charge in [-0.25, -0.2) is 0 Å². The molecule has 4 nitrogen and oxygen atoms in total. The summed E-state index contributed by atoms with van der Waals surface area (Å²) in [6, 6.07) is 5.73. The summed E-state index contributed by atoms with van der Waals surface area (Å²) in [6.07, 6.45) is 2.28. The van der Waals surface area contributed by atoms with Gasteiger partial charge in [-0.15, -0.1) is 0 Å². The van der Waals surface area contributed by atoms with Crippen molar-refractivity contribution in [2.24, 2.45) is 0 Å². The smallest absolute Gasteiger partial charge is 0.258 e. The number of hydrogen-bond acceptors (Lipinski definition) is 4. The highest BCUT2D eigenvalue weighted by atomic mass is 16.5. The van der Waals surface area contributed by atoms with Crippen molar-refractivity contribution >= 4 is 5.69 Å². The lowest BCUT2D eigenvalue weighted by Crippen LogP contribution is -2.02. The molecule has 0 unspecified atom stereocenters. The van der Waals surface area contributed by atoms with E-state index in [0.717, 1.165) is 35.5 Å². The minimum absolute atomic E-state index is 0.135. The molecule has 0 spiro atoms. The minimum Gasteiger partial charge on any atom is -0.398 e. The van der Waals surface area contributed by atoms with E-state index in [2.05, 4.69) is 17.1 Å². The van der Waals surface area contributed by atoms with Crippen molar-refractivity contribution in [3.63, 3.8) is 0 Å². The molecule has 1 aromatic carbocycles. The first-order valence-corrected chi connectivity index (χ1v) is 5.80. The van der Waals surface area contributed by atoms with Crippen molar-refractivity contribution in [3.05, 3.63) is 29.6 Å². The fraction of sp³-hybridized carbons (Fsp3) is 0.385. The summed E-state index contributed by atoms with van der Waals surface area (Å²) in [5, 5.41) is 4.07. The van der Waals surface area contributed by atoms with Crippen molar-refractivity contribution in [1.82, 2.24) is 10.1 Å². The molecule has 17 heavy (non-hydrogen) atoms. The summed E-state index contributed by atoms with van der Waals surface area (Å²) in [7, 11) is 0. The molecule has 2 aromatic rings. The number of aromatic nitrogens is 2. The van der Waals surface area contributed by atoms with Gasteiger partial charge in [0.1, 0.15) is 0 Å². The Morgan fingerprint density at radius 1 is 1.35 bits per heavy atom. The maximum atomic E-state index is 5.87. The Labute approximate surface area is 99.8 Å². The van der Waals surface area contributed by atoms with Crippen LogP contribution in [-0.2, 0) is 5.41 Å². The van der Waals surface area contributed by atoms with Crippen LogP contribution in [0.4, 0.5) is 5.69 Å². The van der Waals surface area contributed by atoms with Gasteiger partial charge in [0.2, 0.25) is 0 Å². The SMILES string of the molecule is Cc1c(N)cccc1-c1nc(C2(C)CC2)no1. The van der Waals surface area contributed by atoms with E-state index in [1.165, 1.54) is 0 Å². The Morgan fingerprint density at radius 2 is 2.12 bits per heavy atom. The Bertz CT molecular complexity index is 570. The molecule has 88 valence electrons. The third kappa shape index (κ3) is 1.60. The molecule has 0 radical (unpaired) electrons. The highest BCUT2D eigenvalue weighted by Crippen LogP contribution is 2.46. The number of nitrogens with zero attached hydrogens (tertiary/aromatic N) is 2. The van der Waals surface area contributed by atoms with Gasteiger partial charge in [-0.1, -0.05) is 18.1 Å². The number of nitrogen functional groups attached to an aromatic ring is 1. The topological polar surface area (TPSA) is 64.9 Å². The summed E-state index contributed by atoms with van der Waals surface area (Å²) in [6.45, 7) is 4.13. The highest BCUT2D eigenvalue weighted by Gasteiger charge is 2.43. The third-order valence-corrected chi connectivity index (χ3v) is 3.57. The number of rotatable bonds is 2. The number of hydrogen-bond donors (Lipinski definition) is 1. The van der Waals surface area contributed by atoms with Crippen LogP contribution in [0, 0.1) is 6.92 Å². The second kappa shape index (κ2) is 3.32. The number of nitrogens with two attached hydrogens (primary N) is 1. The first kappa shape index (κ1) is 10.3. The summed E-state index contributed by atoms with van der Waals surface area (Å²) in [4.78, 5) is 4.48. The lowest BCUT2D eigenvalue weighted by Gasteiger charge is -2.03. The van der Waals surface area contributed by atoms with E-state index in [9.17, 15) is 0 Å². The standard InChI is InChI=1S/C13H15N3O/c1-8-9(4-3-5-10(8)14)11-15-12(16-17-11)13(2)6-7-13/h3-5H,6-7,14H2,1-2H3. The van der Waals surface area contributed by atoms with Crippen LogP contribution in [0.1, 0.15) is 31.2 Å². The van der Waals surface area contributed by atoms with E-state index in [1.54, 1.807) is 0 Å². The summed E-state index contributed by atoms with van der Waals surface area (Å²) >= 11 is 0. The predicted octanol–water partition coefficient (Wildman–Crippen LogP) is 2.68. The predicted molar refractivity (Wildman–Crippen MR) is 65.5 cm³/mol. The number of anilines is 1. The first-order valence-electron chi connectivity index (χ1n) is 5.80. The van der Waals surface area contributed by atoms with E-state index in [1.807, 2.05) is 25.1 Å². The van der Waals surface area contributed by atoms with Gasteiger partial charge in [0.05, 0.1) is 0 Å². The van der Waals surface area contributed by atoms with Gasteiger partial charge in [0.15, 0.2) is 5.82 Å². The molecule has 1 aliphatic rings. The van der Waals surface area contributed by atoms with Gasteiger partial charge in [-0.2, -0.15) is 4.98 Å². The molecule has 1 aromatic heterocycles. The van der Waals surface area contributed by atoms with Crippen LogP contribution in [0.15, 0.2) is 22.7 Å². The molecule has 1 fully saturated rings. The molecule has 1 aliphatic carbocycles. The van der Waals surface area contributed by atoms with Crippen molar-refractivity contribution in [2.45, 2.75) is 32.1 Å². The van der Waals surface area contributed by atoms with E-state index in [0.29, 0.717) is 5.89 Å². The van der Waals surface area contributed by atoms with Gasteiger partial charge >= 0.3 is 0 Å². The Morgan fingerprint density at radius 3 is 2.82 bits per heavy atom. The van der Waals surface area contributed by atoms with E-state index < -0.39 is 0 Å². The second-order valence-corrected chi connectivity index (χ2v) is 5.00. The minimum atomic E-state index is 0.135. The first-order chi connectivity index (χ1) is 8.10. The Hall–Kier alpha value is -1.84. The second-order valence-electron chi connectivity index (χ2n) is 5.00. The van der Waals surface area contributed by atoms with Gasteiger partial charge in [0.25, 0.3) is 5.89 Å². The zero-order chi connectivity index (χ0) is 12.0. The lowest BCUT2D eigenvalue weighted by atomic mass is 10.1. The normalized spacial score (nSPS) is 17.1. The molecular formula is C13H15N3O. The van der Waals surface area contributed by atoms with Gasteiger partial charge in [-0.05, 0) is 37.5 Å². The maximum absolute atomic E-state index is 5.87. The van der Waals surface area contributed by atoms with Crippen molar-refractivity contribution in [2.75, 3.05) is 5.73 Å². The Balaban J connectivity index is 2.04. The molecule has 2 N–H and O–H groups in total. The summed E-state index contributed by atoms with van der Waals surface area (Å²) in [5.41, 5.74) is 8.67. The largest absolute Gasteiger partial charge is 0.398 e. The van der Waals surface area contributed by atoms with Crippen LogP contribution < -0.4 is 5.73 Å². The number of benzene rings is 1. The van der Waals surface area contributed by atoms with Crippen LogP contribution in [0.25, 0.3) is 11.5 Å². The molecule has 0 atom stereocenters. The van der Waals surface area contributed by atoms with Crippen LogP contribution in [0.3, 0.4) is 0 Å². The molecule has 0 amide bonds. The van der Waals surface area contributed by atoms with Crippen LogP contribution in [0.5, 0.6) is 0 Å². The van der Waals surface area contributed by atoms with E-state index in [4.69, 9.17) is 10.3 Å².